The van der Waals surface area contributed by atoms with Gasteiger partial charge in [-0.2, -0.15) is 5.10 Å². The first-order valence-corrected chi connectivity index (χ1v) is 8.95. The molecule has 0 aliphatic heterocycles. The van der Waals surface area contributed by atoms with Gasteiger partial charge >= 0.3 is 0 Å². The van der Waals surface area contributed by atoms with Gasteiger partial charge in [0, 0.05) is 23.8 Å². The van der Waals surface area contributed by atoms with E-state index in [1.54, 1.807) is 22.6 Å². The number of carbonyl (C=O) groups is 1. The highest BCUT2D eigenvalue weighted by atomic mass is 32.2. The Hall–Kier alpha value is -2.53. The second-order valence-corrected chi connectivity index (χ2v) is 6.24. The molecule has 1 atom stereocenters. The second-order valence-electron chi connectivity index (χ2n) is 5.37. The average molecular weight is 337 g/mol. The molecule has 0 saturated heterocycles. The van der Waals surface area contributed by atoms with E-state index >= 15 is 0 Å². The van der Waals surface area contributed by atoms with Crippen LogP contribution in [0.5, 0.6) is 0 Å². The quantitative estimate of drug-likeness (QED) is 0.700. The van der Waals surface area contributed by atoms with Crippen LogP contribution in [-0.2, 0) is 11.3 Å². The van der Waals surface area contributed by atoms with E-state index in [9.17, 15) is 4.79 Å². The van der Waals surface area contributed by atoms with Gasteiger partial charge in [0.1, 0.15) is 0 Å². The monoisotopic (exact) mass is 337 g/mol. The third-order valence-corrected chi connectivity index (χ3v) is 4.52. The van der Waals surface area contributed by atoms with E-state index in [4.69, 9.17) is 0 Å². The first kappa shape index (κ1) is 16.3. The van der Waals surface area contributed by atoms with Crippen molar-refractivity contribution in [3.05, 3.63) is 84.2 Å². The lowest BCUT2D eigenvalue weighted by Gasteiger charge is -2.18. The van der Waals surface area contributed by atoms with Gasteiger partial charge in [0.15, 0.2) is 6.04 Å². The number of amides is 1. The lowest BCUT2D eigenvalue weighted by atomic mass is 10.1. The van der Waals surface area contributed by atoms with Crippen molar-refractivity contribution < 1.29 is 4.79 Å². The van der Waals surface area contributed by atoms with E-state index in [2.05, 4.69) is 22.5 Å². The van der Waals surface area contributed by atoms with Crippen molar-refractivity contribution in [3.8, 4) is 0 Å². The molecule has 1 heterocycles. The predicted molar refractivity (Wildman–Crippen MR) is 96.9 cm³/mol. The molecule has 1 N–H and O–H groups in total. The van der Waals surface area contributed by atoms with Crippen LogP contribution in [0.2, 0.25) is 0 Å². The topological polar surface area (TPSA) is 46.9 Å². The lowest BCUT2D eigenvalue weighted by molar-refractivity contribution is -0.123. The molecule has 0 spiro atoms. The van der Waals surface area contributed by atoms with Gasteiger partial charge in [-0.05, 0) is 35.6 Å². The predicted octanol–water partition coefficient (Wildman–Crippen LogP) is 3.51. The summed E-state index contributed by atoms with van der Waals surface area (Å²) >= 11 is 1.70. The fourth-order valence-corrected chi connectivity index (χ4v) is 2.93. The molecule has 0 saturated carbocycles. The molecule has 0 aliphatic carbocycles. The van der Waals surface area contributed by atoms with Gasteiger partial charge in [0.25, 0.3) is 0 Å². The molecular weight excluding hydrogens is 318 g/mol. The zero-order valence-corrected chi connectivity index (χ0v) is 14.2. The summed E-state index contributed by atoms with van der Waals surface area (Å²) in [5, 5.41) is 7.26. The zero-order chi connectivity index (χ0) is 16.8. The summed E-state index contributed by atoms with van der Waals surface area (Å²) < 4.78 is 1.68. The molecule has 3 rings (SSSR count). The Kier molecular flexibility index (Phi) is 5.33. The maximum Gasteiger partial charge on any atom is 0.249 e. The Bertz CT molecular complexity index is 770. The van der Waals surface area contributed by atoms with Gasteiger partial charge in [0.2, 0.25) is 5.91 Å². The Morgan fingerprint density at radius 1 is 1.12 bits per heavy atom. The van der Waals surface area contributed by atoms with Crippen LogP contribution in [0.4, 0.5) is 0 Å². The fraction of sp³-hybridized carbons (Fsp3) is 0.158. The number of carbonyl (C=O) groups excluding carboxylic acids is 1. The zero-order valence-electron chi connectivity index (χ0n) is 13.4. The van der Waals surface area contributed by atoms with Crippen molar-refractivity contribution in [1.29, 1.82) is 0 Å². The minimum Gasteiger partial charge on any atom is -0.350 e. The molecule has 0 radical (unpaired) electrons. The molecule has 1 amide bonds. The van der Waals surface area contributed by atoms with Crippen LogP contribution in [0.25, 0.3) is 0 Å². The third-order valence-electron chi connectivity index (χ3n) is 3.78. The molecule has 4 nitrogen and oxygen atoms in total. The maximum absolute atomic E-state index is 12.8. The van der Waals surface area contributed by atoms with Crippen molar-refractivity contribution in [2.45, 2.75) is 17.5 Å². The van der Waals surface area contributed by atoms with Crippen LogP contribution < -0.4 is 5.32 Å². The SMILES string of the molecule is CSc1ccc(CNC(=O)[C@@H](c2ccccc2)n2cccn2)cc1. The second kappa shape index (κ2) is 7.84. The normalized spacial score (nSPS) is 11.9. The number of aromatic nitrogens is 2. The lowest BCUT2D eigenvalue weighted by Crippen LogP contribution is -2.33. The highest BCUT2D eigenvalue weighted by Gasteiger charge is 2.22. The number of rotatable bonds is 6. The van der Waals surface area contributed by atoms with Gasteiger partial charge < -0.3 is 5.32 Å². The van der Waals surface area contributed by atoms with Crippen molar-refractivity contribution in [2.24, 2.45) is 0 Å². The summed E-state index contributed by atoms with van der Waals surface area (Å²) in [7, 11) is 0. The van der Waals surface area contributed by atoms with Gasteiger partial charge in [-0.25, -0.2) is 0 Å². The van der Waals surface area contributed by atoms with Gasteiger partial charge in [-0.3, -0.25) is 9.48 Å². The van der Waals surface area contributed by atoms with Crippen molar-refractivity contribution in [2.75, 3.05) is 6.26 Å². The smallest absolute Gasteiger partial charge is 0.249 e. The Labute approximate surface area is 145 Å². The molecule has 1 aromatic heterocycles. The van der Waals surface area contributed by atoms with Crippen LogP contribution in [-0.4, -0.2) is 21.9 Å². The van der Waals surface area contributed by atoms with Crippen LogP contribution in [0.3, 0.4) is 0 Å². The van der Waals surface area contributed by atoms with Gasteiger partial charge in [-0.15, -0.1) is 11.8 Å². The van der Waals surface area contributed by atoms with Crippen LogP contribution in [0.15, 0.2) is 78.0 Å². The van der Waals surface area contributed by atoms with E-state index in [0.717, 1.165) is 11.1 Å². The largest absolute Gasteiger partial charge is 0.350 e. The average Bonchev–Trinajstić information content (AvgIpc) is 3.15. The fourth-order valence-electron chi connectivity index (χ4n) is 2.52. The molecular formula is C19H19N3OS. The summed E-state index contributed by atoms with van der Waals surface area (Å²) in [6.07, 6.45) is 5.54. The Balaban J connectivity index is 1.74. The van der Waals surface area contributed by atoms with Gasteiger partial charge in [-0.1, -0.05) is 42.5 Å². The maximum atomic E-state index is 12.8. The molecule has 0 fully saturated rings. The standard InChI is InChI=1S/C19H19N3OS/c1-24-17-10-8-15(9-11-17)14-20-19(23)18(22-13-5-12-21-22)16-6-3-2-4-7-16/h2-13,18H,14H2,1H3,(H,20,23)/t18-/m1/s1. The molecule has 0 bridgehead atoms. The van der Waals surface area contributed by atoms with Crippen molar-refractivity contribution >= 4 is 17.7 Å². The highest BCUT2D eigenvalue weighted by Crippen LogP contribution is 2.18. The molecule has 24 heavy (non-hydrogen) atoms. The molecule has 5 heteroatoms. The molecule has 0 unspecified atom stereocenters. The van der Waals surface area contributed by atoms with Crippen LogP contribution >= 0.6 is 11.8 Å². The van der Waals surface area contributed by atoms with Crippen molar-refractivity contribution in [1.82, 2.24) is 15.1 Å². The summed E-state index contributed by atoms with van der Waals surface area (Å²) in [6.45, 7) is 0.498. The van der Waals surface area contributed by atoms with Gasteiger partial charge in [0.05, 0.1) is 0 Å². The first-order valence-electron chi connectivity index (χ1n) is 7.72. The molecule has 122 valence electrons. The minimum absolute atomic E-state index is 0.0705. The van der Waals surface area contributed by atoms with E-state index in [1.807, 2.05) is 61.0 Å². The van der Waals surface area contributed by atoms with E-state index in [-0.39, 0.29) is 5.91 Å². The van der Waals surface area contributed by atoms with E-state index < -0.39 is 6.04 Å². The Morgan fingerprint density at radius 3 is 2.50 bits per heavy atom. The summed E-state index contributed by atoms with van der Waals surface area (Å²) in [6, 6.07) is 19.3. The van der Waals surface area contributed by atoms with E-state index in [0.29, 0.717) is 6.54 Å². The summed E-state index contributed by atoms with van der Waals surface area (Å²) in [5.74, 6) is -0.0705. The van der Waals surface area contributed by atoms with Crippen LogP contribution in [0.1, 0.15) is 17.2 Å². The molecule has 0 aliphatic rings. The van der Waals surface area contributed by atoms with Crippen molar-refractivity contribution in [3.63, 3.8) is 0 Å². The number of nitrogens with zero attached hydrogens (tertiary/aromatic N) is 2. The number of nitrogens with one attached hydrogen (secondary N) is 1. The minimum atomic E-state index is -0.466. The number of hydrogen-bond acceptors (Lipinski definition) is 3. The number of thioether (sulfide) groups is 1. The third kappa shape index (κ3) is 3.86. The number of benzene rings is 2. The highest BCUT2D eigenvalue weighted by molar-refractivity contribution is 7.98. The molecule has 2 aromatic carbocycles. The molecule has 3 aromatic rings. The number of hydrogen-bond donors (Lipinski definition) is 1. The summed E-state index contributed by atoms with van der Waals surface area (Å²) in [5.41, 5.74) is 1.99. The van der Waals surface area contributed by atoms with E-state index in [1.165, 1.54) is 4.90 Å². The summed E-state index contributed by atoms with van der Waals surface area (Å²) in [4.78, 5) is 14.0. The Morgan fingerprint density at radius 2 is 1.88 bits per heavy atom. The van der Waals surface area contributed by atoms with Crippen LogP contribution in [0, 0.1) is 0 Å². The first-order chi connectivity index (χ1) is 11.8.